The van der Waals surface area contributed by atoms with Crippen molar-refractivity contribution >= 4 is 11.3 Å². The molecule has 142 valence electrons. The summed E-state index contributed by atoms with van der Waals surface area (Å²) in [6.45, 7) is 4.31. The fraction of sp³-hybridized carbons (Fsp3) is 0.107. The molecule has 0 atom stereocenters. The van der Waals surface area contributed by atoms with Gasteiger partial charge >= 0.3 is 0 Å². The van der Waals surface area contributed by atoms with Gasteiger partial charge in [0.05, 0.1) is 5.71 Å². The molecule has 0 bridgehead atoms. The van der Waals surface area contributed by atoms with E-state index < -0.39 is 0 Å². The average Bonchev–Trinajstić information content (AvgIpc) is 2.75. The Morgan fingerprint density at radius 1 is 0.655 bits per heavy atom. The van der Waals surface area contributed by atoms with Crippen LogP contribution in [0.15, 0.2) is 108 Å². The fourth-order valence-corrected chi connectivity index (χ4v) is 3.94. The molecule has 4 rings (SSSR count). The number of benzene rings is 3. The number of allylic oxidation sites excluding steroid dienone is 5. The van der Waals surface area contributed by atoms with E-state index in [1.54, 1.807) is 0 Å². The Labute approximate surface area is 173 Å². The SMILES string of the molecule is CN=C1C=CC=C/C1=C(\c1ccc(-c2ccccc2)cc1)c1cc(C)cc(C)c1. The number of rotatable bonds is 3. The molecule has 0 amide bonds. The zero-order valence-electron chi connectivity index (χ0n) is 17.2. The van der Waals surface area contributed by atoms with E-state index >= 15 is 0 Å². The fourth-order valence-electron chi connectivity index (χ4n) is 3.94. The van der Waals surface area contributed by atoms with E-state index in [-0.39, 0.29) is 0 Å². The summed E-state index contributed by atoms with van der Waals surface area (Å²) in [6, 6.07) is 26.1. The largest absolute Gasteiger partial charge is 0.288 e. The number of aliphatic imine (C=N–C) groups is 1. The first kappa shape index (κ1) is 18.9. The molecule has 0 spiro atoms. The van der Waals surface area contributed by atoms with Crippen molar-refractivity contribution in [2.45, 2.75) is 13.8 Å². The molecular weight excluding hydrogens is 350 g/mol. The summed E-state index contributed by atoms with van der Waals surface area (Å²) in [5.41, 5.74) is 10.8. The van der Waals surface area contributed by atoms with Crippen LogP contribution in [0.2, 0.25) is 0 Å². The molecule has 1 heteroatoms. The van der Waals surface area contributed by atoms with Gasteiger partial charge in [0.2, 0.25) is 0 Å². The van der Waals surface area contributed by atoms with Crippen molar-refractivity contribution in [3.8, 4) is 11.1 Å². The Bertz CT molecular complexity index is 1120. The molecule has 0 aliphatic heterocycles. The number of hydrogen-bond donors (Lipinski definition) is 0. The molecule has 3 aromatic carbocycles. The molecule has 0 N–H and O–H groups in total. The van der Waals surface area contributed by atoms with Gasteiger partial charge in [0.1, 0.15) is 0 Å². The van der Waals surface area contributed by atoms with Crippen LogP contribution < -0.4 is 0 Å². The zero-order chi connectivity index (χ0) is 20.2. The molecule has 1 nitrogen and oxygen atoms in total. The highest BCUT2D eigenvalue weighted by Gasteiger charge is 2.16. The number of hydrogen-bond acceptors (Lipinski definition) is 1. The van der Waals surface area contributed by atoms with Crippen LogP contribution in [0.25, 0.3) is 16.7 Å². The summed E-state index contributed by atoms with van der Waals surface area (Å²) < 4.78 is 0. The second kappa shape index (κ2) is 8.28. The van der Waals surface area contributed by atoms with Crippen molar-refractivity contribution in [2.24, 2.45) is 4.99 Å². The lowest BCUT2D eigenvalue weighted by Gasteiger charge is -2.17. The van der Waals surface area contributed by atoms with Crippen LogP contribution in [0.3, 0.4) is 0 Å². The normalized spacial score (nSPS) is 16.3. The first-order chi connectivity index (χ1) is 14.2. The third kappa shape index (κ3) is 4.05. The van der Waals surface area contributed by atoms with Crippen LogP contribution in [-0.2, 0) is 0 Å². The molecule has 0 saturated heterocycles. The minimum absolute atomic E-state index is 1.01. The van der Waals surface area contributed by atoms with Crippen LogP contribution in [0.5, 0.6) is 0 Å². The molecule has 0 aromatic heterocycles. The molecule has 29 heavy (non-hydrogen) atoms. The van der Waals surface area contributed by atoms with Gasteiger partial charge in [0.15, 0.2) is 0 Å². The zero-order valence-corrected chi connectivity index (χ0v) is 17.2. The summed E-state index contributed by atoms with van der Waals surface area (Å²) in [6.07, 6.45) is 8.38. The van der Waals surface area contributed by atoms with E-state index in [9.17, 15) is 0 Å². The molecule has 1 aliphatic rings. The van der Waals surface area contributed by atoms with Crippen LogP contribution in [-0.4, -0.2) is 12.8 Å². The van der Waals surface area contributed by atoms with E-state index in [4.69, 9.17) is 0 Å². The summed E-state index contributed by atoms with van der Waals surface area (Å²) >= 11 is 0. The van der Waals surface area contributed by atoms with Crippen molar-refractivity contribution in [1.82, 2.24) is 0 Å². The molecule has 0 radical (unpaired) electrons. The van der Waals surface area contributed by atoms with E-state index in [1.807, 2.05) is 13.1 Å². The molecule has 0 heterocycles. The lowest BCUT2D eigenvalue weighted by molar-refractivity contribution is 1.36. The molecule has 0 saturated carbocycles. The standard InChI is InChI=1S/C28H25N/c1-20-17-21(2)19-25(18-20)28(26-11-7-8-12-27(26)29-3)24-15-13-23(14-16-24)22-9-5-4-6-10-22/h4-19H,1-3H3/b28-26-,29-27?. The summed E-state index contributed by atoms with van der Waals surface area (Å²) in [4.78, 5) is 4.53. The maximum Gasteiger partial charge on any atom is 0.0649 e. The lowest BCUT2D eigenvalue weighted by atomic mass is 9.87. The Kier molecular flexibility index (Phi) is 5.39. The van der Waals surface area contributed by atoms with Crippen LogP contribution in [0.4, 0.5) is 0 Å². The van der Waals surface area contributed by atoms with Gasteiger partial charge in [0, 0.05) is 12.6 Å². The van der Waals surface area contributed by atoms with Crippen molar-refractivity contribution in [2.75, 3.05) is 7.05 Å². The third-order valence-corrected chi connectivity index (χ3v) is 5.21. The number of aryl methyl sites for hydroxylation is 2. The van der Waals surface area contributed by atoms with Gasteiger partial charge in [-0.2, -0.15) is 0 Å². The molecular formula is C28H25N. The van der Waals surface area contributed by atoms with Gasteiger partial charge in [-0.25, -0.2) is 0 Å². The summed E-state index contributed by atoms with van der Waals surface area (Å²) in [5, 5.41) is 0. The second-order valence-electron chi connectivity index (χ2n) is 7.44. The average molecular weight is 376 g/mol. The van der Waals surface area contributed by atoms with E-state index in [0.29, 0.717) is 0 Å². The Hall–Kier alpha value is -3.45. The van der Waals surface area contributed by atoms with Crippen LogP contribution in [0, 0.1) is 13.8 Å². The van der Waals surface area contributed by atoms with Gasteiger partial charge < -0.3 is 0 Å². The highest BCUT2D eigenvalue weighted by atomic mass is 14.7. The predicted molar refractivity (Wildman–Crippen MR) is 125 cm³/mol. The number of nitrogens with zero attached hydrogens (tertiary/aromatic N) is 1. The van der Waals surface area contributed by atoms with Crippen molar-refractivity contribution in [3.63, 3.8) is 0 Å². The molecule has 0 fully saturated rings. The predicted octanol–water partition coefficient (Wildman–Crippen LogP) is 6.97. The van der Waals surface area contributed by atoms with Gasteiger partial charge in [-0.1, -0.05) is 102 Å². The van der Waals surface area contributed by atoms with Crippen molar-refractivity contribution in [3.05, 3.63) is 125 Å². The first-order valence-corrected chi connectivity index (χ1v) is 9.96. The topological polar surface area (TPSA) is 12.4 Å². The monoisotopic (exact) mass is 375 g/mol. The summed E-state index contributed by atoms with van der Waals surface area (Å²) in [5.74, 6) is 0. The van der Waals surface area contributed by atoms with E-state index in [1.165, 1.54) is 39.0 Å². The Morgan fingerprint density at radius 2 is 1.28 bits per heavy atom. The Morgan fingerprint density at radius 3 is 1.93 bits per heavy atom. The maximum absolute atomic E-state index is 4.53. The van der Waals surface area contributed by atoms with Crippen molar-refractivity contribution in [1.29, 1.82) is 0 Å². The third-order valence-electron chi connectivity index (χ3n) is 5.21. The van der Waals surface area contributed by atoms with Crippen LogP contribution >= 0.6 is 0 Å². The first-order valence-electron chi connectivity index (χ1n) is 9.96. The minimum atomic E-state index is 1.01. The summed E-state index contributed by atoms with van der Waals surface area (Å²) in [7, 11) is 1.86. The van der Waals surface area contributed by atoms with Gasteiger partial charge in [-0.3, -0.25) is 4.99 Å². The van der Waals surface area contributed by atoms with Crippen LogP contribution in [0.1, 0.15) is 22.3 Å². The van der Waals surface area contributed by atoms with E-state index in [0.717, 1.165) is 11.3 Å². The van der Waals surface area contributed by atoms with Gasteiger partial charge in [-0.15, -0.1) is 0 Å². The van der Waals surface area contributed by atoms with E-state index in [2.05, 4.69) is 110 Å². The highest BCUT2D eigenvalue weighted by molar-refractivity contribution is 6.17. The van der Waals surface area contributed by atoms with Crippen molar-refractivity contribution < 1.29 is 0 Å². The smallest absolute Gasteiger partial charge is 0.0649 e. The Balaban J connectivity index is 1.90. The molecule has 1 aliphatic carbocycles. The minimum Gasteiger partial charge on any atom is -0.288 e. The molecule has 3 aromatic rings. The maximum atomic E-state index is 4.53. The highest BCUT2D eigenvalue weighted by Crippen LogP contribution is 2.32. The van der Waals surface area contributed by atoms with Gasteiger partial charge in [0.25, 0.3) is 0 Å². The lowest BCUT2D eigenvalue weighted by Crippen LogP contribution is -2.05. The quantitative estimate of drug-likeness (QED) is 0.469. The molecule has 0 unspecified atom stereocenters. The van der Waals surface area contributed by atoms with Gasteiger partial charge in [-0.05, 0) is 47.8 Å². The second-order valence-corrected chi connectivity index (χ2v) is 7.44.